The van der Waals surface area contributed by atoms with Gasteiger partial charge < -0.3 is 21.1 Å². The van der Waals surface area contributed by atoms with Crippen molar-refractivity contribution in [3.05, 3.63) is 48.2 Å². The molecule has 3 rings (SSSR count). The van der Waals surface area contributed by atoms with Crippen LogP contribution in [-0.2, 0) is 7.05 Å². The minimum absolute atomic E-state index is 0.358. The summed E-state index contributed by atoms with van der Waals surface area (Å²) in [6.07, 6.45) is 1.77. The molecule has 0 aliphatic rings. The third-order valence-electron chi connectivity index (χ3n) is 3.77. The summed E-state index contributed by atoms with van der Waals surface area (Å²) in [5, 5.41) is 11.7. The fraction of sp³-hybridized carbons (Fsp3) is 0.118. The van der Waals surface area contributed by atoms with Crippen LogP contribution in [0.15, 0.2) is 42.6 Å². The summed E-state index contributed by atoms with van der Waals surface area (Å²) in [5.74, 6) is 0.0263. The quantitative estimate of drug-likeness (QED) is 0.623. The fourth-order valence-electron chi connectivity index (χ4n) is 2.52. The molecule has 0 fully saturated rings. The second-order valence-electron chi connectivity index (χ2n) is 5.36. The molecule has 2 aromatic carbocycles. The molecule has 7 nitrogen and oxygen atoms in total. The Hall–Kier alpha value is -3.13. The second kappa shape index (κ2) is 6.78. The zero-order valence-corrected chi connectivity index (χ0v) is 14.6. The number of ether oxygens (including phenoxy) is 1. The summed E-state index contributed by atoms with van der Waals surface area (Å²) in [4.78, 5) is 11.4. The van der Waals surface area contributed by atoms with Gasteiger partial charge in [-0.15, -0.1) is 0 Å². The molecule has 128 valence electrons. The number of fused-ring (bicyclic) bond motifs is 1. The number of rotatable bonds is 4. The van der Waals surface area contributed by atoms with Crippen molar-refractivity contribution < 1.29 is 9.53 Å². The maximum atomic E-state index is 11.4. The van der Waals surface area contributed by atoms with Gasteiger partial charge in [-0.25, -0.2) is 0 Å². The first-order valence-corrected chi connectivity index (χ1v) is 7.87. The van der Waals surface area contributed by atoms with Gasteiger partial charge in [-0.1, -0.05) is 6.07 Å². The summed E-state index contributed by atoms with van der Waals surface area (Å²) >= 11 is 5.38. The lowest BCUT2D eigenvalue weighted by Crippen LogP contribution is -2.20. The van der Waals surface area contributed by atoms with E-state index in [1.54, 1.807) is 29.1 Å². The van der Waals surface area contributed by atoms with Gasteiger partial charge in [0.2, 0.25) is 5.91 Å². The number of hydrogen-bond acceptors (Lipinski definition) is 4. The molecule has 1 heterocycles. The molecule has 0 saturated carbocycles. The number of anilines is 2. The molecule has 0 unspecified atom stereocenters. The molecule has 0 atom stereocenters. The Labute approximate surface area is 149 Å². The number of carbonyl (C=O) groups excluding carboxylic acids is 1. The summed E-state index contributed by atoms with van der Waals surface area (Å²) in [5.41, 5.74) is 8.05. The Balaban J connectivity index is 1.85. The van der Waals surface area contributed by atoms with E-state index in [-0.39, 0.29) is 0 Å². The van der Waals surface area contributed by atoms with E-state index < -0.39 is 5.91 Å². The van der Waals surface area contributed by atoms with Crippen molar-refractivity contribution in [3.63, 3.8) is 0 Å². The van der Waals surface area contributed by atoms with Crippen LogP contribution < -0.4 is 21.1 Å². The molecule has 25 heavy (non-hydrogen) atoms. The van der Waals surface area contributed by atoms with Gasteiger partial charge in [0.05, 0.1) is 30.2 Å². The SMILES string of the molecule is COc1ccc(C(N)=O)cc1NC(=S)Nc1cccc2c1cnn2C. The van der Waals surface area contributed by atoms with Gasteiger partial charge in [-0.05, 0) is 42.5 Å². The number of benzene rings is 2. The first-order valence-electron chi connectivity index (χ1n) is 7.46. The van der Waals surface area contributed by atoms with E-state index in [1.165, 1.54) is 7.11 Å². The number of thiocarbonyl (C=S) groups is 1. The molecular formula is C17H17N5O2S. The standard InChI is InChI=1S/C17H17N5O2S/c1-22-14-5-3-4-12(11(14)9-19-22)20-17(25)21-13-8-10(16(18)23)6-7-15(13)24-2/h3-9H,1-2H3,(H2,18,23)(H2,20,21,25). The monoisotopic (exact) mass is 355 g/mol. The summed E-state index contributed by atoms with van der Waals surface area (Å²) in [6, 6.07) is 10.7. The van der Waals surface area contributed by atoms with Gasteiger partial charge in [0.1, 0.15) is 5.75 Å². The molecule has 0 saturated heterocycles. The average molecular weight is 355 g/mol. The van der Waals surface area contributed by atoms with Crippen LogP contribution in [-0.4, -0.2) is 27.9 Å². The number of nitrogens with two attached hydrogens (primary N) is 1. The molecule has 0 spiro atoms. The lowest BCUT2D eigenvalue weighted by Gasteiger charge is -2.14. The van der Waals surface area contributed by atoms with Crippen LogP contribution in [0.3, 0.4) is 0 Å². The van der Waals surface area contributed by atoms with Gasteiger partial charge >= 0.3 is 0 Å². The number of nitrogens with zero attached hydrogens (tertiary/aromatic N) is 2. The third-order valence-corrected chi connectivity index (χ3v) is 3.98. The number of primary amides is 1. The average Bonchev–Trinajstić information content (AvgIpc) is 2.97. The first kappa shape index (κ1) is 16.7. The first-order chi connectivity index (χ1) is 12.0. The zero-order chi connectivity index (χ0) is 18.0. The van der Waals surface area contributed by atoms with Gasteiger partial charge in [0, 0.05) is 18.0 Å². The van der Waals surface area contributed by atoms with Gasteiger partial charge in [-0.3, -0.25) is 9.48 Å². The topological polar surface area (TPSA) is 94.2 Å². The van der Waals surface area contributed by atoms with Crippen molar-refractivity contribution >= 4 is 45.5 Å². The molecule has 0 bridgehead atoms. The van der Waals surface area contributed by atoms with E-state index >= 15 is 0 Å². The van der Waals surface area contributed by atoms with Crippen LogP contribution in [0.2, 0.25) is 0 Å². The predicted octanol–water partition coefficient (Wildman–Crippen LogP) is 2.49. The lowest BCUT2D eigenvalue weighted by atomic mass is 10.2. The molecule has 0 radical (unpaired) electrons. The van der Waals surface area contributed by atoms with Crippen LogP contribution in [0, 0.1) is 0 Å². The van der Waals surface area contributed by atoms with Crippen LogP contribution >= 0.6 is 12.2 Å². The summed E-state index contributed by atoms with van der Waals surface area (Å²) < 4.78 is 7.08. The molecule has 8 heteroatoms. The van der Waals surface area contributed by atoms with Crippen molar-refractivity contribution in [2.24, 2.45) is 12.8 Å². The smallest absolute Gasteiger partial charge is 0.248 e. The van der Waals surface area contributed by atoms with Crippen LogP contribution in [0.1, 0.15) is 10.4 Å². The van der Waals surface area contributed by atoms with Crippen LogP contribution in [0.5, 0.6) is 5.75 Å². The molecule has 3 aromatic rings. The molecule has 1 aromatic heterocycles. The van der Waals surface area contributed by atoms with E-state index in [9.17, 15) is 4.79 Å². The van der Waals surface area contributed by atoms with Crippen LogP contribution in [0.25, 0.3) is 10.9 Å². The number of aryl methyl sites for hydroxylation is 1. The molecule has 0 aliphatic carbocycles. The summed E-state index contributed by atoms with van der Waals surface area (Å²) in [6.45, 7) is 0. The van der Waals surface area contributed by atoms with Gasteiger partial charge in [-0.2, -0.15) is 5.10 Å². The van der Waals surface area contributed by atoms with Crippen molar-refractivity contribution in [3.8, 4) is 5.75 Å². The highest BCUT2D eigenvalue weighted by atomic mass is 32.1. The fourth-order valence-corrected chi connectivity index (χ4v) is 2.74. The number of aromatic nitrogens is 2. The van der Waals surface area contributed by atoms with Crippen molar-refractivity contribution in [1.82, 2.24) is 9.78 Å². The summed E-state index contributed by atoms with van der Waals surface area (Å²) in [7, 11) is 3.42. The van der Waals surface area contributed by atoms with Gasteiger partial charge in [0.15, 0.2) is 5.11 Å². The largest absolute Gasteiger partial charge is 0.495 e. The van der Waals surface area contributed by atoms with Crippen molar-refractivity contribution in [2.75, 3.05) is 17.7 Å². The molecule has 1 amide bonds. The molecular weight excluding hydrogens is 338 g/mol. The second-order valence-corrected chi connectivity index (χ2v) is 5.77. The maximum Gasteiger partial charge on any atom is 0.248 e. The zero-order valence-electron chi connectivity index (χ0n) is 13.7. The Morgan fingerprint density at radius 3 is 2.72 bits per heavy atom. The highest BCUT2D eigenvalue weighted by molar-refractivity contribution is 7.80. The Kier molecular flexibility index (Phi) is 4.53. The van der Waals surface area contributed by atoms with E-state index in [2.05, 4.69) is 15.7 Å². The van der Waals surface area contributed by atoms with E-state index in [0.29, 0.717) is 22.1 Å². The highest BCUT2D eigenvalue weighted by Crippen LogP contribution is 2.27. The third kappa shape index (κ3) is 3.38. The van der Waals surface area contributed by atoms with E-state index in [1.807, 2.05) is 25.2 Å². The maximum absolute atomic E-state index is 11.4. The minimum atomic E-state index is -0.523. The predicted molar refractivity (Wildman–Crippen MR) is 102 cm³/mol. The molecule has 4 N–H and O–H groups in total. The van der Waals surface area contributed by atoms with Crippen molar-refractivity contribution in [1.29, 1.82) is 0 Å². The minimum Gasteiger partial charge on any atom is -0.495 e. The number of carbonyl (C=O) groups is 1. The Bertz CT molecular complexity index is 967. The Morgan fingerprint density at radius 1 is 1.24 bits per heavy atom. The normalized spacial score (nSPS) is 10.5. The number of amides is 1. The Morgan fingerprint density at radius 2 is 2.00 bits per heavy atom. The van der Waals surface area contributed by atoms with E-state index in [4.69, 9.17) is 22.7 Å². The van der Waals surface area contributed by atoms with Crippen LogP contribution in [0.4, 0.5) is 11.4 Å². The van der Waals surface area contributed by atoms with E-state index in [0.717, 1.165) is 16.6 Å². The number of methoxy groups -OCH3 is 1. The highest BCUT2D eigenvalue weighted by Gasteiger charge is 2.11. The number of hydrogen-bond donors (Lipinski definition) is 3. The van der Waals surface area contributed by atoms with Gasteiger partial charge in [0.25, 0.3) is 0 Å². The molecule has 0 aliphatic heterocycles. The number of nitrogens with one attached hydrogen (secondary N) is 2. The lowest BCUT2D eigenvalue weighted by molar-refractivity contribution is 0.100. The van der Waals surface area contributed by atoms with Crippen molar-refractivity contribution in [2.45, 2.75) is 0 Å².